The molecule has 2 rings (SSSR count). The summed E-state index contributed by atoms with van der Waals surface area (Å²) < 4.78 is -0.0388. The van der Waals surface area contributed by atoms with Crippen molar-refractivity contribution < 1.29 is 24.6 Å². The van der Waals surface area contributed by atoms with E-state index in [-0.39, 0.29) is 9.23 Å². The predicted molar refractivity (Wildman–Crippen MR) is 95.2 cm³/mol. The SMILES string of the molecule is O=C(O)CC(C(=O)O)N1C(=O)/C(=C/c2c(Cl)cccc2Cl)SC1=S. The zero-order valence-corrected chi connectivity index (χ0v) is 14.9. The number of benzene rings is 1. The zero-order valence-electron chi connectivity index (χ0n) is 11.7. The van der Waals surface area contributed by atoms with Gasteiger partial charge in [-0.2, -0.15) is 0 Å². The van der Waals surface area contributed by atoms with Crippen molar-refractivity contribution in [3.63, 3.8) is 0 Å². The van der Waals surface area contributed by atoms with Crippen LogP contribution in [0.25, 0.3) is 6.08 Å². The number of hydrogen-bond acceptors (Lipinski definition) is 5. The predicted octanol–water partition coefficient (Wildman–Crippen LogP) is 3.12. The number of thioether (sulfide) groups is 1. The molecule has 1 fully saturated rings. The van der Waals surface area contributed by atoms with Crippen molar-refractivity contribution in [2.24, 2.45) is 0 Å². The molecule has 0 aliphatic carbocycles. The van der Waals surface area contributed by atoms with Gasteiger partial charge in [-0.05, 0) is 18.2 Å². The first-order valence-electron chi connectivity index (χ1n) is 6.38. The largest absolute Gasteiger partial charge is 0.481 e. The number of thiocarbonyl (C=S) groups is 1. The fraction of sp³-hybridized carbons (Fsp3) is 0.143. The summed E-state index contributed by atoms with van der Waals surface area (Å²) in [4.78, 5) is 35.5. The Morgan fingerprint density at radius 3 is 2.38 bits per heavy atom. The molecule has 1 atom stereocenters. The summed E-state index contributed by atoms with van der Waals surface area (Å²) in [5.74, 6) is -3.50. The first-order chi connectivity index (χ1) is 11.2. The van der Waals surface area contributed by atoms with Crippen molar-refractivity contribution in [3.8, 4) is 0 Å². The van der Waals surface area contributed by atoms with Gasteiger partial charge in [-0.3, -0.25) is 14.5 Å². The molecule has 1 aromatic carbocycles. The van der Waals surface area contributed by atoms with Crippen LogP contribution in [0.4, 0.5) is 0 Å². The second-order valence-electron chi connectivity index (χ2n) is 4.64. The molecule has 0 saturated carbocycles. The van der Waals surface area contributed by atoms with Crippen LogP contribution in [0.1, 0.15) is 12.0 Å². The number of carbonyl (C=O) groups is 3. The number of nitrogens with zero attached hydrogens (tertiary/aromatic N) is 1. The monoisotopic (exact) mass is 405 g/mol. The van der Waals surface area contributed by atoms with Crippen LogP contribution >= 0.6 is 47.2 Å². The fourth-order valence-corrected chi connectivity index (χ4v) is 3.83. The van der Waals surface area contributed by atoms with Crippen LogP contribution in [-0.4, -0.2) is 43.3 Å². The molecule has 126 valence electrons. The van der Waals surface area contributed by atoms with E-state index in [2.05, 4.69) is 0 Å². The molecule has 1 amide bonds. The highest BCUT2D eigenvalue weighted by molar-refractivity contribution is 8.26. The lowest BCUT2D eigenvalue weighted by atomic mass is 10.1. The molecule has 6 nitrogen and oxygen atoms in total. The second kappa shape index (κ2) is 7.52. The molecular weight excluding hydrogens is 397 g/mol. The van der Waals surface area contributed by atoms with Crippen LogP contribution in [0.15, 0.2) is 23.1 Å². The first kappa shape index (κ1) is 18.7. The maximum Gasteiger partial charge on any atom is 0.327 e. The highest BCUT2D eigenvalue weighted by Gasteiger charge is 2.41. The van der Waals surface area contributed by atoms with Crippen molar-refractivity contribution in [2.75, 3.05) is 0 Å². The summed E-state index contributed by atoms with van der Waals surface area (Å²) >= 11 is 18.0. The van der Waals surface area contributed by atoms with Gasteiger partial charge in [0.1, 0.15) is 10.4 Å². The van der Waals surface area contributed by atoms with Crippen LogP contribution < -0.4 is 0 Å². The van der Waals surface area contributed by atoms with Crippen LogP contribution in [0, 0.1) is 0 Å². The van der Waals surface area contributed by atoms with Gasteiger partial charge in [0.05, 0.1) is 11.3 Å². The molecule has 1 aliphatic heterocycles. The fourth-order valence-electron chi connectivity index (χ4n) is 1.98. The standard InChI is InChI=1S/C14H9Cl2NO5S2/c15-7-2-1-3-8(16)6(7)4-10-12(20)17(14(23)24-10)9(13(21)22)5-11(18)19/h1-4,9H,5H2,(H,18,19)(H,21,22)/b10-4-. The summed E-state index contributed by atoms with van der Waals surface area (Å²) in [5.41, 5.74) is 0.395. The maximum atomic E-state index is 12.5. The van der Waals surface area contributed by atoms with Crippen molar-refractivity contribution in [3.05, 3.63) is 38.7 Å². The third-order valence-corrected chi connectivity index (χ3v) is 5.05. The minimum atomic E-state index is -1.58. The molecule has 0 spiro atoms. The van der Waals surface area contributed by atoms with E-state index in [1.165, 1.54) is 6.08 Å². The number of amides is 1. The van der Waals surface area contributed by atoms with E-state index in [1.807, 2.05) is 0 Å². The summed E-state index contributed by atoms with van der Waals surface area (Å²) in [6.45, 7) is 0. The van der Waals surface area contributed by atoms with Crippen LogP contribution in [-0.2, 0) is 14.4 Å². The molecule has 1 aliphatic rings. The minimum Gasteiger partial charge on any atom is -0.481 e. The van der Waals surface area contributed by atoms with Crippen molar-refractivity contribution in [2.45, 2.75) is 12.5 Å². The highest BCUT2D eigenvalue weighted by atomic mass is 35.5. The van der Waals surface area contributed by atoms with E-state index in [0.717, 1.165) is 16.7 Å². The zero-order chi connectivity index (χ0) is 18.0. The molecule has 1 saturated heterocycles. The molecule has 24 heavy (non-hydrogen) atoms. The van der Waals surface area contributed by atoms with E-state index < -0.39 is 30.3 Å². The average molecular weight is 406 g/mol. The van der Waals surface area contributed by atoms with E-state index in [4.69, 9.17) is 40.5 Å². The van der Waals surface area contributed by atoms with Crippen molar-refractivity contribution in [1.29, 1.82) is 0 Å². The normalized spacial score (nSPS) is 17.4. The van der Waals surface area contributed by atoms with Crippen molar-refractivity contribution >= 4 is 75.4 Å². The molecule has 1 unspecified atom stereocenters. The summed E-state index contributed by atoms with van der Waals surface area (Å²) in [5, 5.41) is 18.7. The van der Waals surface area contributed by atoms with Gasteiger partial charge in [0.15, 0.2) is 0 Å². The van der Waals surface area contributed by atoms with Gasteiger partial charge >= 0.3 is 11.9 Å². The van der Waals surface area contributed by atoms with E-state index in [1.54, 1.807) is 18.2 Å². The number of aliphatic carboxylic acids is 2. The van der Waals surface area contributed by atoms with Gasteiger partial charge in [-0.25, -0.2) is 4.79 Å². The number of halogens is 2. The Kier molecular flexibility index (Phi) is 5.87. The molecule has 1 aromatic rings. The van der Waals surface area contributed by atoms with Gasteiger partial charge in [-0.1, -0.05) is 53.2 Å². The summed E-state index contributed by atoms with van der Waals surface area (Å²) in [6.07, 6.45) is 0.644. The average Bonchev–Trinajstić information content (AvgIpc) is 2.75. The Bertz CT molecular complexity index is 760. The van der Waals surface area contributed by atoms with E-state index in [9.17, 15) is 19.5 Å². The summed E-state index contributed by atoms with van der Waals surface area (Å²) in [6, 6.07) is 3.23. The Labute approximate surface area is 156 Å². The van der Waals surface area contributed by atoms with Gasteiger partial charge < -0.3 is 10.2 Å². The highest BCUT2D eigenvalue weighted by Crippen LogP contribution is 2.37. The quantitative estimate of drug-likeness (QED) is 0.573. The Morgan fingerprint density at radius 2 is 1.88 bits per heavy atom. The molecule has 0 bridgehead atoms. The molecule has 2 N–H and O–H groups in total. The smallest absolute Gasteiger partial charge is 0.327 e. The topological polar surface area (TPSA) is 94.9 Å². The first-order valence-corrected chi connectivity index (χ1v) is 8.36. The second-order valence-corrected chi connectivity index (χ2v) is 7.13. The van der Waals surface area contributed by atoms with Crippen LogP contribution in [0.2, 0.25) is 10.0 Å². The maximum absolute atomic E-state index is 12.5. The third kappa shape index (κ3) is 3.89. The van der Waals surface area contributed by atoms with E-state index in [0.29, 0.717) is 15.6 Å². The Hall–Kier alpha value is -1.61. The lowest BCUT2D eigenvalue weighted by molar-refractivity contribution is -0.150. The lowest BCUT2D eigenvalue weighted by Crippen LogP contribution is -2.45. The van der Waals surface area contributed by atoms with Crippen LogP contribution in [0.3, 0.4) is 0 Å². The van der Waals surface area contributed by atoms with Gasteiger partial charge in [-0.15, -0.1) is 0 Å². The molecule has 1 heterocycles. The van der Waals surface area contributed by atoms with Crippen molar-refractivity contribution in [1.82, 2.24) is 4.90 Å². The number of carboxylic acid groups (broad SMARTS) is 2. The Morgan fingerprint density at radius 1 is 1.29 bits per heavy atom. The van der Waals surface area contributed by atoms with Crippen LogP contribution in [0.5, 0.6) is 0 Å². The molecule has 0 radical (unpaired) electrons. The summed E-state index contributed by atoms with van der Waals surface area (Å²) in [7, 11) is 0. The van der Waals surface area contributed by atoms with Gasteiger partial charge in [0.2, 0.25) is 0 Å². The Balaban J connectivity index is 2.39. The molecule has 10 heteroatoms. The van der Waals surface area contributed by atoms with Gasteiger partial charge in [0, 0.05) is 15.6 Å². The number of carbonyl (C=O) groups excluding carboxylic acids is 1. The minimum absolute atomic E-state index is 0.0388. The number of rotatable bonds is 5. The molecular formula is C14H9Cl2NO5S2. The number of carboxylic acids is 2. The third-order valence-electron chi connectivity index (χ3n) is 3.06. The number of hydrogen-bond donors (Lipinski definition) is 2. The molecule has 0 aromatic heterocycles. The van der Waals surface area contributed by atoms with E-state index >= 15 is 0 Å². The lowest BCUT2D eigenvalue weighted by Gasteiger charge is -2.21. The van der Waals surface area contributed by atoms with Gasteiger partial charge in [0.25, 0.3) is 5.91 Å².